The number of nitrogens with one attached hydrogen (secondary N) is 2. The lowest BCUT2D eigenvalue weighted by atomic mass is 10.0. The smallest absolute Gasteiger partial charge is 0.238 e. The maximum absolute atomic E-state index is 12.5. The molecule has 1 amide bonds. The summed E-state index contributed by atoms with van der Waals surface area (Å²) in [6, 6.07) is 11.8. The number of amides is 1. The average molecular weight is 403 g/mol. The number of aromatic nitrogens is 3. The first-order chi connectivity index (χ1) is 14.6. The Morgan fingerprint density at radius 3 is 2.47 bits per heavy atom. The number of Topliss-reactive ketones (excluding diaryl/α,β-unsaturated/α-hetero) is 1. The summed E-state index contributed by atoms with van der Waals surface area (Å²) in [4.78, 5) is 37.1. The summed E-state index contributed by atoms with van der Waals surface area (Å²) in [5, 5.41) is 5.86. The van der Waals surface area contributed by atoms with Gasteiger partial charge in [0.15, 0.2) is 5.78 Å². The van der Waals surface area contributed by atoms with Crippen LogP contribution in [0, 0.1) is 0 Å². The molecule has 30 heavy (non-hydrogen) atoms. The summed E-state index contributed by atoms with van der Waals surface area (Å²) in [5.41, 5.74) is 4.55. The molecule has 2 N–H and O–H groups in total. The van der Waals surface area contributed by atoms with E-state index in [1.807, 2.05) is 12.1 Å². The van der Waals surface area contributed by atoms with E-state index in [4.69, 9.17) is 0 Å². The number of nitrogens with zero attached hydrogens (tertiary/aromatic N) is 3. The van der Waals surface area contributed by atoms with Crippen molar-refractivity contribution in [1.82, 2.24) is 20.3 Å². The highest BCUT2D eigenvalue weighted by Gasteiger charge is 2.15. The van der Waals surface area contributed by atoms with E-state index in [0.29, 0.717) is 18.7 Å². The molecule has 0 unspecified atom stereocenters. The highest BCUT2D eigenvalue weighted by Crippen LogP contribution is 2.25. The number of anilines is 1. The molecule has 0 aliphatic carbocycles. The van der Waals surface area contributed by atoms with Crippen LogP contribution in [-0.4, -0.2) is 33.2 Å². The monoisotopic (exact) mass is 403 g/mol. The zero-order valence-electron chi connectivity index (χ0n) is 17.2. The van der Waals surface area contributed by atoms with Crippen molar-refractivity contribution < 1.29 is 9.59 Å². The van der Waals surface area contributed by atoms with Crippen LogP contribution in [0.2, 0.25) is 0 Å². The molecular formula is C23H25N5O2. The topological polar surface area (TPSA) is 96.9 Å². The van der Waals surface area contributed by atoms with Gasteiger partial charge in [0.25, 0.3) is 0 Å². The second-order valence-electron chi connectivity index (χ2n) is 6.80. The van der Waals surface area contributed by atoms with E-state index in [2.05, 4.69) is 44.6 Å². The van der Waals surface area contributed by atoms with Gasteiger partial charge in [0.1, 0.15) is 12.0 Å². The molecule has 0 spiro atoms. The van der Waals surface area contributed by atoms with Crippen molar-refractivity contribution in [3.8, 4) is 11.1 Å². The van der Waals surface area contributed by atoms with Crippen LogP contribution < -0.4 is 10.6 Å². The Morgan fingerprint density at radius 1 is 1.00 bits per heavy atom. The van der Waals surface area contributed by atoms with Crippen molar-refractivity contribution in [3.05, 3.63) is 72.1 Å². The molecule has 7 nitrogen and oxygen atoms in total. The summed E-state index contributed by atoms with van der Waals surface area (Å²) in [6.07, 6.45) is 6.06. The summed E-state index contributed by atoms with van der Waals surface area (Å²) >= 11 is 0. The second-order valence-corrected chi connectivity index (χ2v) is 6.80. The molecule has 154 valence electrons. The lowest BCUT2D eigenvalue weighted by molar-refractivity contribution is -0.115. The van der Waals surface area contributed by atoms with Crippen molar-refractivity contribution in [1.29, 1.82) is 0 Å². The third-order valence-electron chi connectivity index (χ3n) is 4.68. The predicted molar refractivity (Wildman–Crippen MR) is 116 cm³/mol. The highest BCUT2D eigenvalue weighted by molar-refractivity contribution is 6.04. The van der Waals surface area contributed by atoms with Crippen molar-refractivity contribution in [2.24, 2.45) is 0 Å². The fourth-order valence-corrected chi connectivity index (χ4v) is 2.96. The van der Waals surface area contributed by atoms with Crippen molar-refractivity contribution in [2.75, 3.05) is 11.9 Å². The van der Waals surface area contributed by atoms with Crippen molar-refractivity contribution in [2.45, 2.75) is 33.2 Å². The number of carbonyl (C=O) groups is 2. The molecule has 3 aromatic rings. The molecule has 0 aliphatic rings. The molecule has 0 aliphatic heterocycles. The first-order valence-electron chi connectivity index (χ1n) is 9.98. The van der Waals surface area contributed by atoms with E-state index in [1.165, 1.54) is 11.9 Å². The van der Waals surface area contributed by atoms with Crippen LogP contribution in [-0.2, 0) is 17.8 Å². The normalized spacial score (nSPS) is 10.6. The van der Waals surface area contributed by atoms with Gasteiger partial charge in [-0.3, -0.25) is 14.6 Å². The predicted octanol–water partition coefficient (Wildman–Crippen LogP) is 3.42. The molecule has 0 bridgehead atoms. The Balaban J connectivity index is 1.74. The number of carbonyl (C=O) groups excluding carboxylic acids is 2. The number of ketones is 1. The molecular weight excluding hydrogens is 378 g/mol. The molecule has 2 heterocycles. The van der Waals surface area contributed by atoms with Crippen LogP contribution in [0.15, 0.2) is 55.1 Å². The average Bonchev–Trinajstić information content (AvgIpc) is 2.79. The summed E-state index contributed by atoms with van der Waals surface area (Å²) in [6.45, 7) is 4.41. The molecule has 3 rings (SSSR count). The second kappa shape index (κ2) is 10.4. The molecule has 0 atom stereocenters. The van der Waals surface area contributed by atoms with Gasteiger partial charge in [0, 0.05) is 30.9 Å². The van der Waals surface area contributed by atoms with Crippen LogP contribution in [0.4, 0.5) is 5.69 Å². The lowest BCUT2D eigenvalue weighted by Crippen LogP contribution is -2.28. The molecule has 0 fully saturated rings. The minimum Gasteiger partial charge on any atom is -0.323 e. The molecule has 7 heteroatoms. The maximum Gasteiger partial charge on any atom is 0.238 e. The molecule has 2 aromatic heterocycles. The Labute approximate surface area is 176 Å². The van der Waals surface area contributed by atoms with Crippen molar-refractivity contribution >= 4 is 17.4 Å². The van der Waals surface area contributed by atoms with Gasteiger partial charge in [0.2, 0.25) is 5.91 Å². The van der Waals surface area contributed by atoms with Gasteiger partial charge < -0.3 is 10.6 Å². The van der Waals surface area contributed by atoms with E-state index in [9.17, 15) is 9.59 Å². The number of rotatable bonds is 9. The summed E-state index contributed by atoms with van der Waals surface area (Å²) < 4.78 is 0. The number of pyridine rings is 1. The first kappa shape index (κ1) is 21.3. The van der Waals surface area contributed by atoms with Gasteiger partial charge in [-0.05, 0) is 29.7 Å². The maximum atomic E-state index is 12.5. The fourth-order valence-electron chi connectivity index (χ4n) is 2.96. The Hall–Kier alpha value is -3.45. The Bertz CT molecular complexity index is 1000. The van der Waals surface area contributed by atoms with E-state index in [0.717, 1.165) is 23.2 Å². The van der Waals surface area contributed by atoms with Gasteiger partial charge in [-0.15, -0.1) is 0 Å². The summed E-state index contributed by atoms with van der Waals surface area (Å²) in [5.74, 6) is -0.374. The number of hydrogen-bond acceptors (Lipinski definition) is 6. The highest BCUT2D eigenvalue weighted by atomic mass is 16.2. The zero-order chi connectivity index (χ0) is 21.3. The minimum atomic E-state index is -0.255. The van der Waals surface area contributed by atoms with Crippen LogP contribution in [0.25, 0.3) is 11.1 Å². The van der Waals surface area contributed by atoms with E-state index < -0.39 is 0 Å². The van der Waals surface area contributed by atoms with Crippen LogP contribution in [0.1, 0.15) is 42.0 Å². The number of benzene rings is 1. The van der Waals surface area contributed by atoms with Crippen LogP contribution >= 0.6 is 0 Å². The molecule has 1 aromatic carbocycles. The van der Waals surface area contributed by atoms with E-state index in [-0.39, 0.29) is 23.9 Å². The Kier molecular flexibility index (Phi) is 7.34. The third-order valence-corrected chi connectivity index (χ3v) is 4.68. The van der Waals surface area contributed by atoms with Crippen LogP contribution in [0.5, 0.6) is 0 Å². The van der Waals surface area contributed by atoms with Gasteiger partial charge >= 0.3 is 0 Å². The zero-order valence-corrected chi connectivity index (χ0v) is 17.2. The first-order valence-corrected chi connectivity index (χ1v) is 9.98. The minimum absolute atomic E-state index is 0.0825. The quantitative estimate of drug-likeness (QED) is 0.532. The van der Waals surface area contributed by atoms with Gasteiger partial charge in [-0.1, -0.05) is 38.1 Å². The Morgan fingerprint density at radius 2 is 1.80 bits per heavy atom. The van der Waals surface area contributed by atoms with E-state index in [1.54, 1.807) is 31.5 Å². The van der Waals surface area contributed by atoms with Gasteiger partial charge in [-0.25, -0.2) is 9.97 Å². The largest absolute Gasteiger partial charge is 0.323 e. The number of hydrogen-bond donors (Lipinski definition) is 2. The third kappa shape index (κ3) is 5.55. The fraction of sp³-hybridized carbons (Fsp3) is 0.261. The molecule has 0 saturated heterocycles. The standard InChI is InChI=1S/C23H25N5O2/c1-3-16-5-7-17(8-6-16)18-11-20(23(26-12-18)21(29)4-2)28-22(30)14-25-13-19-9-10-24-15-27-19/h5-12,15,25H,3-4,13-14H2,1-2H3,(H,28,30). The molecule has 0 radical (unpaired) electrons. The van der Waals surface area contributed by atoms with Crippen molar-refractivity contribution in [3.63, 3.8) is 0 Å². The van der Waals surface area contributed by atoms with E-state index >= 15 is 0 Å². The molecule has 0 saturated carbocycles. The lowest BCUT2D eigenvalue weighted by Gasteiger charge is -2.12. The summed E-state index contributed by atoms with van der Waals surface area (Å²) in [7, 11) is 0. The van der Waals surface area contributed by atoms with Crippen LogP contribution in [0.3, 0.4) is 0 Å². The SMILES string of the molecule is CCC(=O)c1ncc(-c2ccc(CC)cc2)cc1NC(=O)CNCc1ccncn1. The van der Waals surface area contributed by atoms with Gasteiger partial charge in [0.05, 0.1) is 17.9 Å². The number of aryl methyl sites for hydroxylation is 1. The van der Waals surface area contributed by atoms with Gasteiger partial charge in [-0.2, -0.15) is 0 Å².